The van der Waals surface area contributed by atoms with Crippen LogP contribution >= 0.6 is 0 Å². The van der Waals surface area contributed by atoms with Gasteiger partial charge in [0.1, 0.15) is 18.2 Å². The van der Waals surface area contributed by atoms with Crippen LogP contribution in [0.3, 0.4) is 0 Å². The third-order valence-electron chi connectivity index (χ3n) is 8.15. The van der Waals surface area contributed by atoms with Crippen molar-refractivity contribution < 1.29 is 13.9 Å². The average Bonchev–Trinajstić information content (AvgIpc) is 3.59. The molecule has 1 aliphatic carbocycles. The fourth-order valence-corrected chi connectivity index (χ4v) is 5.53. The number of aromatic amines is 2. The van der Waals surface area contributed by atoms with E-state index in [-0.39, 0.29) is 17.6 Å². The number of pyridine rings is 2. The minimum absolute atomic E-state index is 0.0467. The Labute approximate surface area is 253 Å². The monoisotopic (exact) mass is 589 g/mol. The molecule has 0 saturated heterocycles. The number of benzene rings is 2. The predicted molar refractivity (Wildman–Crippen MR) is 170 cm³/mol. The number of hydrogen-bond acceptors (Lipinski definition) is 6. The van der Waals surface area contributed by atoms with Crippen LogP contribution in [-0.4, -0.2) is 63.2 Å². The highest BCUT2D eigenvalue weighted by atomic mass is 19.1. The summed E-state index contributed by atoms with van der Waals surface area (Å²) in [4.78, 5) is 26.9. The Morgan fingerprint density at radius 2 is 1.89 bits per heavy atom. The van der Waals surface area contributed by atoms with Gasteiger partial charge in [-0.3, -0.25) is 14.9 Å². The number of nitrogens with zero attached hydrogens (tertiary/aromatic N) is 4. The summed E-state index contributed by atoms with van der Waals surface area (Å²) in [6, 6.07) is 16.7. The van der Waals surface area contributed by atoms with E-state index in [1.165, 1.54) is 12.1 Å². The molecule has 0 aliphatic heterocycles. The second-order valence-electron chi connectivity index (χ2n) is 11.6. The molecule has 0 unspecified atom stereocenters. The zero-order valence-electron chi connectivity index (χ0n) is 24.5. The van der Waals surface area contributed by atoms with Crippen molar-refractivity contribution in [2.24, 2.45) is 5.92 Å². The van der Waals surface area contributed by atoms with Crippen molar-refractivity contribution in [2.75, 3.05) is 32.6 Å². The number of carbonyl (C=O) groups excluding carboxylic acids is 1. The van der Waals surface area contributed by atoms with Gasteiger partial charge in [0.2, 0.25) is 5.91 Å². The van der Waals surface area contributed by atoms with Gasteiger partial charge in [-0.25, -0.2) is 9.37 Å². The maximum atomic E-state index is 14.7. The molecule has 3 N–H and O–H groups in total. The molecule has 222 valence electrons. The van der Waals surface area contributed by atoms with Crippen LogP contribution in [0.4, 0.5) is 10.1 Å². The minimum Gasteiger partial charge on any atom is -0.492 e. The van der Waals surface area contributed by atoms with Gasteiger partial charge in [-0.1, -0.05) is 18.6 Å². The Morgan fingerprint density at radius 3 is 2.70 bits per heavy atom. The maximum Gasteiger partial charge on any atom is 0.227 e. The number of ether oxygens (including phenoxy) is 1. The quantitative estimate of drug-likeness (QED) is 0.174. The zero-order valence-corrected chi connectivity index (χ0v) is 24.5. The Morgan fingerprint density at radius 1 is 1.02 bits per heavy atom. The summed E-state index contributed by atoms with van der Waals surface area (Å²) in [5.41, 5.74) is 7.07. The van der Waals surface area contributed by atoms with E-state index < -0.39 is 0 Å². The van der Waals surface area contributed by atoms with E-state index in [4.69, 9.17) is 4.74 Å². The first-order chi connectivity index (χ1) is 21.4. The number of nitrogens with one attached hydrogen (secondary N) is 3. The molecule has 0 bridgehead atoms. The zero-order chi connectivity index (χ0) is 30.2. The normalized spacial score (nSPS) is 13.5. The number of rotatable bonds is 9. The summed E-state index contributed by atoms with van der Waals surface area (Å²) in [6.07, 6.45) is 8.15. The fourth-order valence-electron chi connectivity index (χ4n) is 5.53. The maximum absolute atomic E-state index is 14.7. The molecule has 9 nitrogen and oxygen atoms in total. The smallest absolute Gasteiger partial charge is 0.227 e. The third kappa shape index (κ3) is 5.51. The second-order valence-corrected chi connectivity index (χ2v) is 11.6. The van der Waals surface area contributed by atoms with Crippen molar-refractivity contribution in [1.82, 2.24) is 30.0 Å². The van der Waals surface area contributed by atoms with Gasteiger partial charge in [0.05, 0.1) is 23.3 Å². The Balaban J connectivity index is 1.21. The number of amides is 1. The van der Waals surface area contributed by atoms with Gasteiger partial charge >= 0.3 is 0 Å². The third-order valence-corrected chi connectivity index (χ3v) is 8.15. The molecule has 4 aromatic heterocycles. The summed E-state index contributed by atoms with van der Waals surface area (Å²) in [5, 5.41) is 12.4. The van der Waals surface area contributed by atoms with Crippen molar-refractivity contribution >= 4 is 33.5 Å². The van der Waals surface area contributed by atoms with E-state index >= 15 is 0 Å². The average molecular weight is 590 g/mol. The van der Waals surface area contributed by atoms with Crippen LogP contribution in [0.15, 0.2) is 73.2 Å². The van der Waals surface area contributed by atoms with E-state index in [1.807, 2.05) is 61.5 Å². The molecular weight excluding hydrogens is 557 g/mol. The number of aromatic nitrogens is 5. The van der Waals surface area contributed by atoms with E-state index in [1.54, 1.807) is 18.6 Å². The van der Waals surface area contributed by atoms with Gasteiger partial charge in [-0.15, -0.1) is 0 Å². The second kappa shape index (κ2) is 11.5. The van der Waals surface area contributed by atoms with Crippen LogP contribution in [-0.2, 0) is 4.79 Å². The Hall–Kier alpha value is -5.09. The molecule has 7 rings (SSSR count). The van der Waals surface area contributed by atoms with Crippen molar-refractivity contribution in [3.8, 4) is 39.4 Å². The van der Waals surface area contributed by atoms with Crippen molar-refractivity contribution in [2.45, 2.75) is 19.3 Å². The van der Waals surface area contributed by atoms with E-state index in [9.17, 15) is 9.18 Å². The summed E-state index contributed by atoms with van der Waals surface area (Å²) in [5.74, 6) is 0.278. The molecule has 10 heteroatoms. The van der Waals surface area contributed by atoms with Gasteiger partial charge < -0.3 is 19.9 Å². The van der Waals surface area contributed by atoms with E-state index in [0.29, 0.717) is 23.7 Å². The number of halogens is 1. The van der Waals surface area contributed by atoms with Crippen LogP contribution in [0, 0.1) is 11.7 Å². The van der Waals surface area contributed by atoms with Crippen molar-refractivity contribution in [3.63, 3.8) is 0 Å². The van der Waals surface area contributed by atoms with Crippen molar-refractivity contribution in [3.05, 3.63) is 79.0 Å². The standard InChI is InChI=1S/C34H32FN7O2/c1-42(2)9-10-44-26-13-21(11-24(35)15-26)27-7-4-8-30-28(27)16-31(39-30)32-29-14-23(18-37-33(29)41-40-32)22-12-25(19-36-17-22)38-34(43)20-5-3-6-20/h4,7-8,11-20,39H,3,5-6,9-10H2,1-2H3,(H,38,43)(H,37,40,41). The molecule has 1 amide bonds. The lowest BCUT2D eigenvalue weighted by Crippen LogP contribution is -2.28. The van der Waals surface area contributed by atoms with Gasteiger partial charge in [0.15, 0.2) is 5.65 Å². The number of anilines is 1. The highest BCUT2D eigenvalue weighted by molar-refractivity contribution is 6.01. The molecule has 0 spiro atoms. The molecule has 0 atom stereocenters. The number of hydrogen-bond donors (Lipinski definition) is 3. The molecule has 1 fully saturated rings. The first-order valence-corrected chi connectivity index (χ1v) is 14.7. The minimum atomic E-state index is -0.352. The van der Waals surface area contributed by atoms with Crippen LogP contribution in [0.25, 0.3) is 55.6 Å². The lowest BCUT2D eigenvalue weighted by atomic mass is 9.85. The van der Waals surface area contributed by atoms with E-state index in [0.717, 1.165) is 75.7 Å². The highest BCUT2D eigenvalue weighted by Gasteiger charge is 2.25. The molecule has 1 aliphatic rings. The number of H-pyrrole nitrogens is 2. The molecule has 0 radical (unpaired) electrons. The lowest BCUT2D eigenvalue weighted by molar-refractivity contribution is -0.122. The van der Waals surface area contributed by atoms with Gasteiger partial charge in [0.25, 0.3) is 0 Å². The molecular formula is C34H32FN7O2. The van der Waals surface area contributed by atoms with Crippen LogP contribution in [0.1, 0.15) is 19.3 Å². The molecule has 6 aromatic rings. The summed E-state index contributed by atoms with van der Waals surface area (Å²) in [6.45, 7) is 1.20. The summed E-state index contributed by atoms with van der Waals surface area (Å²) in [7, 11) is 3.94. The largest absolute Gasteiger partial charge is 0.492 e. The van der Waals surface area contributed by atoms with Crippen LogP contribution < -0.4 is 10.1 Å². The topological polar surface area (TPSA) is 112 Å². The highest BCUT2D eigenvalue weighted by Crippen LogP contribution is 2.36. The number of carbonyl (C=O) groups is 1. The van der Waals surface area contributed by atoms with E-state index in [2.05, 4.69) is 30.5 Å². The fraction of sp³-hybridized carbons (Fsp3) is 0.235. The Kier molecular flexibility index (Phi) is 7.27. The number of fused-ring (bicyclic) bond motifs is 2. The molecule has 4 heterocycles. The molecule has 1 saturated carbocycles. The molecule has 2 aromatic carbocycles. The van der Waals surface area contributed by atoms with Crippen LogP contribution in [0.2, 0.25) is 0 Å². The van der Waals surface area contributed by atoms with Gasteiger partial charge in [-0.05, 0) is 74.5 Å². The van der Waals surface area contributed by atoms with Crippen molar-refractivity contribution in [1.29, 1.82) is 0 Å². The van der Waals surface area contributed by atoms with Gasteiger partial charge in [-0.2, -0.15) is 5.10 Å². The first kappa shape index (κ1) is 27.7. The number of likely N-dealkylation sites (N-methyl/N-ethyl adjacent to an activating group) is 1. The SMILES string of the molecule is CN(C)CCOc1cc(F)cc(-c2cccc3[nH]c(-c4[nH]nc5ncc(-c6cncc(NC(=O)C7CCC7)c6)cc45)cc23)c1. The lowest BCUT2D eigenvalue weighted by Gasteiger charge is -2.24. The molecule has 44 heavy (non-hydrogen) atoms. The summed E-state index contributed by atoms with van der Waals surface area (Å²) < 4.78 is 20.5. The Bertz CT molecular complexity index is 1990. The first-order valence-electron chi connectivity index (χ1n) is 14.7. The summed E-state index contributed by atoms with van der Waals surface area (Å²) >= 11 is 0. The van der Waals surface area contributed by atoms with Crippen LogP contribution in [0.5, 0.6) is 5.75 Å². The predicted octanol–water partition coefficient (Wildman–Crippen LogP) is 6.65. The van der Waals surface area contributed by atoms with Gasteiger partial charge in [0, 0.05) is 58.3 Å².